The van der Waals surface area contributed by atoms with Gasteiger partial charge in [0.05, 0.1) is 18.5 Å². The number of aromatic nitrogens is 1. The smallest absolute Gasteiger partial charge is 0.203 e. The van der Waals surface area contributed by atoms with Gasteiger partial charge in [0.15, 0.2) is 0 Å². The first-order valence-corrected chi connectivity index (χ1v) is 6.70. The van der Waals surface area contributed by atoms with E-state index in [0.29, 0.717) is 23.1 Å². The molecule has 0 radical (unpaired) electrons. The first-order chi connectivity index (χ1) is 9.19. The molecule has 6 heteroatoms. The molecule has 1 aromatic carbocycles. The molecule has 0 fully saturated rings. The zero-order chi connectivity index (χ0) is 13.7. The van der Waals surface area contributed by atoms with Crippen LogP contribution in [0.15, 0.2) is 28.7 Å². The van der Waals surface area contributed by atoms with Crippen LogP contribution in [0.5, 0.6) is 5.75 Å². The van der Waals surface area contributed by atoms with E-state index in [1.54, 1.807) is 12.3 Å². The average molecular weight is 279 g/mol. The van der Waals surface area contributed by atoms with Crippen molar-refractivity contribution in [2.45, 2.75) is 13.8 Å². The van der Waals surface area contributed by atoms with Crippen molar-refractivity contribution < 1.29 is 9.13 Å². The fraction of sp³-hybridized carbons (Fsp3) is 0.231. The summed E-state index contributed by atoms with van der Waals surface area (Å²) in [7, 11) is 0. The first-order valence-electron chi connectivity index (χ1n) is 5.82. The number of benzene rings is 1. The number of anilines is 1. The number of hydrogen-bond donors (Lipinski definition) is 1. The molecule has 2 rings (SSSR count). The van der Waals surface area contributed by atoms with Crippen molar-refractivity contribution in [3.05, 3.63) is 40.7 Å². The SMILES string of the molecule is CCOc1cc(F)ccc1C=NNc1nc(C)cs1. The van der Waals surface area contributed by atoms with Gasteiger partial charge in [-0.3, -0.25) is 5.43 Å². The molecule has 4 nitrogen and oxygen atoms in total. The van der Waals surface area contributed by atoms with Gasteiger partial charge in [0.1, 0.15) is 11.6 Å². The number of aryl methyl sites for hydroxylation is 1. The Morgan fingerprint density at radius 1 is 1.53 bits per heavy atom. The van der Waals surface area contributed by atoms with Gasteiger partial charge in [-0.15, -0.1) is 11.3 Å². The van der Waals surface area contributed by atoms with Crippen LogP contribution in [-0.2, 0) is 0 Å². The summed E-state index contributed by atoms with van der Waals surface area (Å²) in [5.74, 6) is 0.146. The molecule has 1 N–H and O–H groups in total. The van der Waals surface area contributed by atoms with Gasteiger partial charge in [-0.05, 0) is 26.0 Å². The lowest BCUT2D eigenvalue weighted by Gasteiger charge is -2.06. The van der Waals surface area contributed by atoms with Gasteiger partial charge >= 0.3 is 0 Å². The molecule has 1 aromatic heterocycles. The summed E-state index contributed by atoms with van der Waals surface area (Å²) in [6.07, 6.45) is 1.58. The zero-order valence-electron chi connectivity index (χ0n) is 10.7. The van der Waals surface area contributed by atoms with Gasteiger partial charge in [0.2, 0.25) is 5.13 Å². The third-order valence-electron chi connectivity index (χ3n) is 2.26. The average Bonchev–Trinajstić information content (AvgIpc) is 2.78. The van der Waals surface area contributed by atoms with E-state index in [9.17, 15) is 4.39 Å². The van der Waals surface area contributed by atoms with Crippen molar-refractivity contribution in [3.8, 4) is 5.75 Å². The molecule has 0 amide bonds. The van der Waals surface area contributed by atoms with Crippen molar-refractivity contribution in [2.75, 3.05) is 12.0 Å². The molecule has 0 atom stereocenters. The Morgan fingerprint density at radius 2 is 2.37 bits per heavy atom. The van der Waals surface area contributed by atoms with Crippen LogP contribution in [0.2, 0.25) is 0 Å². The second kappa shape index (κ2) is 6.29. The van der Waals surface area contributed by atoms with Crippen LogP contribution in [0.1, 0.15) is 18.2 Å². The number of rotatable bonds is 5. The summed E-state index contributed by atoms with van der Waals surface area (Å²) in [5, 5.41) is 6.72. The Bertz CT molecular complexity index is 583. The number of hydrazone groups is 1. The third-order valence-corrected chi connectivity index (χ3v) is 3.12. The van der Waals surface area contributed by atoms with Crippen LogP contribution in [0.4, 0.5) is 9.52 Å². The van der Waals surface area contributed by atoms with Gasteiger partial charge in [0, 0.05) is 17.0 Å². The lowest BCUT2D eigenvalue weighted by atomic mass is 10.2. The second-order valence-corrected chi connectivity index (χ2v) is 4.64. The molecule has 0 saturated carbocycles. The van der Waals surface area contributed by atoms with Gasteiger partial charge in [0.25, 0.3) is 0 Å². The monoisotopic (exact) mass is 279 g/mol. The van der Waals surface area contributed by atoms with Gasteiger partial charge in [-0.25, -0.2) is 9.37 Å². The second-order valence-electron chi connectivity index (χ2n) is 3.78. The minimum absolute atomic E-state index is 0.330. The van der Waals surface area contributed by atoms with E-state index in [4.69, 9.17) is 4.74 Å². The number of nitrogens with one attached hydrogen (secondary N) is 1. The minimum Gasteiger partial charge on any atom is -0.493 e. The van der Waals surface area contributed by atoms with E-state index in [2.05, 4.69) is 15.5 Å². The molecule has 100 valence electrons. The van der Waals surface area contributed by atoms with Crippen molar-refractivity contribution in [1.29, 1.82) is 0 Å². The number of ether oxygens (including phenoxy) is 1. The highest BCUT2D eigenvalue weighted by Gasteiger charge is 2.03. The fourth-order valence-electron chi connectivity index (χ4n) is 1.46. The fourth-order valence-corrected chi connectivity index (χ4v) is 2.09. The van der Waals surface area contributed by atoms with E-state index in [0.717, 1.165) is 5.69 Å². The highest BCUT2D eigenvalue weighted by atomic mass is 32.1. The molecular weight excluding hydrogens is 265 g/mol. The Morgan fingerprint density at radius 3 is 3.05 bits per heavy atom. The number of hydrogen-bond acceptors (Lipinski definition) is 5. The van der Waals surface area contributed by atoms with E-state index in [1.165, 1.54) is 23.5 Å². The minimum atomic E-state index is -0.330. The lowest BCUT2D eigenvalue weighted by Crippen LogP contribution is -1.98. The van der Waals surface area contributed by atoms with Crippen molar-refractivity contribution in [1.82, 2.24) is 4.98 Å². The van der Waals surface area contributed by atoms with Crippen LogP contribution in [0, 0.1) is 12.7 Å². The molecule has 0 spiro atoms. The molecule has 0 aliphatic rings. The van der Waals surface area contributed by atoms with Crippen LogP contribution in [0.25, 0.3) is 0 Å². The maximum atomic E-state index is 13.1. The lowest BCUT2D eigenvalue weighted by molar-refractivity contribution is 0.338. The highest BCUT2D eigenvalue weighted by Crippen LogP contribution is 2.19. The van der Waals surface area contributed by atoms with Crippen LogP contribution >= 0.6 is 11.3 Å². The summed E-state index contributed by atoms with van der Waals surface area (Å²) >= 11 is 1.47. The Labute approximate surface area is 115 Å². The Balaban J connectivity index is 2.09. The zero-order valence-corrected chi connectivity index (χ0v) is 11.5. The standard InChI is InChI=1S/C13H14FN3OS/c1-3-18-12-6-11(14)5-4-10(12)7-15-17-13-16-9(2)8-19-13/h4-8H,3H2,1-2H3,(H,16,17). The van der Waals surface area contributed by atoms with E-state index in [1.807, 2.05) is 19.2 Å². The predicted octanol–water partition coefficient (Wildman–Crippen LogP) is 3.44. The van der Waals surface area contributed by atoms with Crippen molar-refractivity contribution in [2.24, 2.45) is 5.10 Å². The Hall–Kier alpha value is -1.95. The normalized spacial score (nSPS) is 10.9. The molecular formula is C13H14FN3OS. The molecule has 2 aromatic rings. The van der Waals surface area contributed by atoms with Crippen molar-refractivity contribution >= 4 is 22.7 Å². The molecule has 0 unspecified atom stereocenters. The maximum absolute atomic E-state index is 13.1. The Kier molecular flexibility index (Phi) is 4.46. The van der Waals surface area contributed by atoms with Gasteiger partial charge < -0.3 is 4.74 Å². The number of thiazole rings is 1. The maximum Gasteiger partial charge on any atom is 0.203 e. The summed E-state index contributed by atoms with van der Waals surface area (Å²) in [5.41, 5.74) is 4.48. The van der Waals surface area contributed by atoms with Crippen molar-refractivity contribution in [3.63, 3.8) is 0 Å². The molecule has 0 aliphatic heterocycles. The molecule has 1 heterocycles. The van der Waals surface area contributed by atoms with E-state index in [-0.39, 0.29) is 5.82 Å². The predicted molar refractivity (Wildman–Crippen MR) is 75.6 cm³/mol. The molecule has 0 aliphatic carbocycles. The third kappa shape index (κ3) is 3.75. The topological polar surface area (TPSA) is 46.5 Å². The van der Waals surface area contributed by atoms with Crippen LogP contribution < -0.4 is 10.2 Å². The largest absolute Gasteiger partial charge is 0.493 e. The molecule has 0 bridgehead atoms. The van der Waals surface area contributed by atoms with Crippen LogP contribution in [0.3, 0.4) is 0 Å². The number of halogens is 1. The number of nitrogens with zero attached hydrogens (tertiary/aromatic N) is 2. The molecule has 19 heavy (non-hydrogen) atoms. The quantitative estimate of drug-likeness (QED) is 0.673. The highest BCUT2D eigenvalue weighted by molar-refractivity contribution is 7.13. The summed E-state index contributed by atoms with van der Waals surface area (Å²) in [6.45, 7) is 4.24. The summed E-state index contributed by atoms with van der Waals surface area (Å²) < 4.78 is 18.5. The molecule has 0 saturated heterocycles. The van der Waals surface area contributed by atoms with Crippen LogP contribution in [-0.4, -0.2) is 17.8 Å². The van der Waals surface area contributed by atoms with Gasteiger partial charge in [-0.1, -0.05) is 0 Å². The first kappa shape index (κ1) is 13.5. The summed E-state index contributed by atoms with van der Waals surface area (Å²) in [4.78, 5) is 4.22. The van der Waals surface area contributed by atoms with E-state index < -0.39 is 0 Å². The summed E-state index contributed by atoms with van der Waals surface area (Å²) in [6, 6.07) is 4.34. The van der Waals surface area contributed by atoms with E-state index >= 15 is 0 Å². The van der Waals surface area contributed by atoms with Gasteiger partial charge in [-0.2, -0.15) is 5.10 Å².